The van der Waals surface area contributed by atoms with Crippen molar-refractivity contribution in [3.63, 3.8) is 0 Å². The van der Waals surface area contributed by atoms with Crippen molar-refractivity contribution in [1.82, 2.24) is 14.9 Å². The van der Waals surface area contributed by atoms with Crippen LogP contribution in [-0.4, -0.2) is 28.0 Å². The summed E-state index contributed by atoms with van der Waals surface area (Å²) < 4.78 is 5.63. The molecule has 4 heteroatoms. The van der Waals surface area contributed by atoms with Crippen molar-refractivity contribution in [2.45, 2.75) is 64.0 Å². The van der Waals surface area contributed by atoms with Gasteiger partial charge in [-0.05, 0) is 42.0 Å². The van der Waals surface area contributed by atoms with Crippen molar-refractivity contribution < 1.29 is 4.74 Å². The molecule has 1 aromatic carbocycles. The molecule has 136 valence electrons. The van der Waals surface area contributed by atoms with Crippen molar-refractivity contribution in [2.75, 3.05) is 13.2 Å². The average molecular weight is 349 g/mol. The molecule has 4 nitrogen and oxygen atoms in total. The van der Waals surface area contributed by atoms with E-state index >= 15 is 0 Å². The topological polar surface area (TPSA) is 38.2 Å². The van der Waals surface area contributed by atoms with Gasteiger partial charge in [0, 0.05) is 38.2 Å². The Morgan fingerprint density at radius 1 is 1.08 bits per heavy atom. The standard InChI is InChI=1S/C22H27N3O/c1-2-4-17(5-3-1)22-23-13-19-8-10-25(15-20(19)24-22)14-16-6-7-21-18(12-16)9-11-26-21/h6-7,12-13,17H,1-5,8-11,14-15H2. The molecule has 2 aromatic rings. The van der Waals surface area contributed by atoms with E-state index in [2.05, 4.69) is 29.3 Å². The van der Waals surface area contributed by atoms with Gasteiger partial charge in [-0.25, -0.2) is 9.97 Å². The summed E-state index contributed by atoms with van der Waals surface area (Å²) in [5.41, 5.74) is 5.36. The average Bonchev–Trinajstić information content (AvgIpc) is 3.16. The van der Waals surface area contributed by atoms with Gasteiger partial charge in [-0.3, -0.25) is 4.90 Å². The molecule has 1 aromatic heterocycles. The Hall–Kier alpha value is -1.94. The first kappa shape index (κ1) is 16.2. The fourth-order valence-corrected chi connectivity index (χ4v) is 4.66. The zero-order valence-corrected chi connectivity index (χ0v) is 15.4. The van der Waals surface area contributed by atoms with Gasteiger partial charge < -0.3 is 4.74 Å². The lowest BCUT2D eigenvalue weighted by atomic mass is 9.88. The second-order valence-electron chi connectivity index (χ2n) is 8.04. The Labute approximate surface area is 155 Å². The number of nitrogens with zero attached hydrogens (tertiary/aromatic N) is 3. The van der Waals surface area contributed by atoms with Crippen molar-refractivity contribution in [3.8, 4) is 5.75 Å². The molecule has 3 heterocycles. The minimum atomic E-state index is 0.584. The summed E-state index contributed by atoms with van der Waals surface area (Å²) in [7, 11) is 0. The molecular weight excluding hydrogens is 322 g/mol. The normalized spacial score (nSPS) is 20.5. The fraction of sp³-hybridized carbons (Fsp3) is 0.545. The highest BCUT2D eigenvalue weighted by molar-refractivity contribution is 5.39. The molecule has 1 aliphatic carbocycles. The maximum absolute atomic E-state index is 5.63. The Kier molecular flexibility index (Phi) is 4.37. The lowest BCUT2D eigenvalue weighted by Gasteiger charge is -2.29. The molecular formula is C22H27N3O. The maximum atomic E-state index is 5.63. The number of fused-ring (bicyclic) bond motifs is 2. The maximum Gasteiger partial charge on any atom is 0.131 e. The molecule has 5 rings (SSSR count). The van der Waals surface area contributed by atoms with E-state index < -0.39 is 0 Å². The van der Waals surface area contributed by atoms with Crippen molar-refractivity contribution in [3.05, 3.63) is 52.6 Å². The molecule has 0 spiro atoms. The number of ether oxygens (including phenoxy) is 1. The lowest BCUT2D eigenvalue weighted by Crippen LogP contribution is -2.31. The van der Waals surface area contributed by atoms with Crippen LogP contribution in [-0.2, 0) is 25.9 Å². The molecule has 0 amide bonds. The predicted molar refractivity (Wildman–Crippen MR) is 101 cm³/mol. The summed E-state index contributed by atoms with van der Waals surface area (Å²) >= 11 is 0. The molecule has 0 atom stereocenters. The van der Waals surface area contributed by atoms with Gasteiger partial charge >= 0.3 is 0 Å². The van der Waals surface area contributed by atoms with Gasteiger partial charge in [-0.15, -0.1) is 0 Å². The molecule has 3 aliphatic rings. The molecule has 26 heavy (non-hydrogen) atoms. The third kappa shape index (κ3) is 3.23. The number of hydrogen-bond donors (Lipinski definition) is 0. The van der Waals surface area contributed by atoms with Crippen LogP contribution in [0.5, 0.6) is 5.75 Å². The number of hydrogen-bond acceptors (Lipinski definition) is 4. The van der Waals surface area contributed by atoms with Gasteiger partial charge in [-0.1, -0.05) is 31.4 Å². The Balaban J connectivity index is 1.31. The van der Waals surface area contributed by atoms with Gasteiger partial charge in [-0.2, -0.15) is 0 Å². The quantitative estimate of drug-likeness (QED) is 0.839. The highest BCUT2D eigenvalue weighted by Gasteiger charge is 2.23. The summed E-state index contributed by atoms with van der Waals surface area (Å²) in [5, 5.41) is 0. The van der Waals surface area contributed by atoms with Crippen LogP contribution in [0.2, 0.25) is 0 Å². The van der Waals surface area contributed by atoms with E-state index in [0.29, 0.717) is 5.92 Å². The summed E-state index contributed by atoms with van der Waals surface area (Å²) in [6, 6.07) is 6.68. The van der Waals surface area contributed by atoms with E-state index in [1.54, 1.807) is 0 Å². The first-order valence-corrected chi connectivity index (χ1v) is 10.2. The van der Waals surface area contributed by atoms with Crippen LogP contribution >= 0.6 is 0 Å². The molecule has 0 radical (unpaired) electrons. The summed E-state index contributed by atoms with van der Waals surface area (Å²) in [6.07, 6.45) is 10.8. The fourth-order valence-electron chi connectivity index (χ4n) is 4.66. The molecule has 2 aliphatic heterocycles. The zero-order valence-electron chi connectivity index (χ0n) is 15.4. The molecule has 0 unspecified atom stereocenters. The highest BCUT2D eigenvalue weighted by atomic mass is 16.5. The largest absolute Gasteiger partial charge is 0.493 e. The van der Waals surface area contributed by atoms with Gasteiger partial charge in [0.1, 0.15) is 11.6 Å². The minimum Gasteiger partial charge on any atom is -0.493 e. The van der Waals surface area contributed by atoms with E-state index in [9.17, 15) is 0 Å². The van der Waals surface area contributed by atoms with Crippen molar-refractivity contribution in [1.29, 1.82) is 0 Å². The lowest BCUT2D eigenvalue weighted by molar-refractivity contribution is 0.240. The smallest absolute Gasteiger partial charge is 0.131 e. The van der Waals surface area contributed by atoms with Crippen molar-refractivity contribution in [2.24, 2.45) is 0 Å². The predicted octanol–water partition coefficient (Wildman–Crippen LogP) is 4.02. The first-order chi connectivity index (χ1) is 12.8. The second kappa shape index (κ2) is 6.99. The van der Waals surface area contributed by atoms with Crippen LogP contribution in [0.15, 0.2) is 24.4 Å². The SMILES string of the molecule is c1cc2c(cc1CN1CCc3cnc(C4CCCCC4)nc3C1)CCO2. The van der Waals surface area contributed by atoms with E-state index in [1.807, 2.05) is 0 Å². The van der Waals surface area contributed by atoms with Crippen LogP contribution in [0.3, 0.4) is 0 Å². The van der Waals surface area contributed by atoms with Gasteiger partial charge in [0.2, 0.25) is 0 Å². The van der Waals surface area contributed by atoms with Gasteiger partial charge in [0.25, 0.3) is 0 Å². The van der Waals surface area contributed by atoms with Crippen LogP contribution in [0.1, 0.15) is 66.2 Å². The van der Waals surface area contributed by atoms with E-state index in [0.717, 1.165) is 50.7 Å². The van der Waals surface area contributed by atoms with Crippen LogP contribution in [0.4, 0.5) is 0 Å². The van der Waals surface area contributed by atoms with E-state index in [4.69, 9.17) is 14.7 Å². The monoisotopic (exact) mass is 349 g/mol. The Bertz CT molecular complexity index is 798. The van der Waals surface area contributed by atoms with Crippen LogP contribution < -0.4 is 4.74 Å². The first-order valence-electron chi connectivity index (χ1n) is 10.2. The van der Waals surface area contributed by atoms with Gasteiger partial charge in [0.15, 0.2) is 0 Å². The molecule has 1 fully saturated rings. The number of aromatic nitrogens is 2. The van der Waals surface area contributed by atoms with Crippen molar-refractivity contribution >= 4 is 0 Å². The molecule has 1 saturated carbocycles. The van der Waals surface area contributed by atoms with Crippen LogP contribution in [0, 0.1) is 0 Å². The number of benzene rings is 1. The molecule has 0 bridgehead atoms. The van der Waals surface area contributed by atoms with E-state index in [-0.39, 0.29) is 0 Å². The summed E-state index contributed by atoms with van der Waals surface area (Å²) in [4.78, 5) is 12.3. The minimum absolute atomic E-state index is 0.584. The van der Waals surface area contributed by atoms with Crippen LogP contribution in [0.25, 0.3) is 0 Å². The summed E-state index contributed by atoms with van der Waals surface area (Å²) in [5.74, 6) is 2.75. The number of rotatable bonds is 3. The second-order valence-corrected chi connectivity index (χ2v) is 8.04. The zero-order chi connectivity index (χ0) is 17.3. The third-order valence-corrected chi connectivity index (χ3v) is 6.17. The molecule has 0 N–H and O–H groups in total. The molecule has 0 saturated heterocycles. The van der Waals surface area contributed by atoms with E-state index in [1.165, 1.54) is 54.5 Å². The Morgan fingerprint density at radius 3 is 2.92 bits per heavy atom. The highest BCUT2D eigenvalue weighted by Crippen LogP contribution is 2.32. The third-order valence-electron chi connectivity index (χ3n) is 6.17. The Morgan fingerprint density at radius 2 is 2.00 bits per heavy atom. The van der Waals surface area contributed by atoms with Gasteiger partial charge in [0.05, 0.1) is 12.3 Å². The summed E-state index contributed by atoms with van der Waals surface area (Å²) in [6.45, 7) is 3.87.